The lowest BCUT2D eigenvalue weighted by molar-refractivity contribution is -0.384. The smallest absolute Gasteiger partial charge is 0.414 e. The van der Waals surface area contributed by atoms with Gasteiger partial charge in [-0.25, -0.2) is 19.0 Å². The predicted octanol–water partition coefficient (Wildman–Crippen LogP) is 3.01. The van der Waals surface area contributed by atoms with E-state index in [1.54, 1.807) is 31.5 Å². The van der Waals surface area contributed by atoms with Crippen LogP contribution in [0.15, 0.2) is 54.7 Å². The molecule has 0 atom stereocenters. The molecule has 0 unspecified atom stereocenters. The number of non-ortho nitro benzene ring substituents is 1. The highest BCUT2D eigenvalue weighted by Gasteiger charge is 2.13. The summed E-state index contributed by atoms with van der Waals surface area (Å²) in [5.41, 5.74) is 2.48. The number of nitro groups is 1. The second-order valence-electron chi connectivity index (χ2n) is 6.51. The van der Waals surface area contributed by atoms with Gasteiger partial charge in [0.1, 0.15) is 5.82 Å². The van der Waals surface area contributed by atoms with Gasteiger partial charge >= 0.3 is 11.9 Å². The van der Waals surface area contributed by atoms with Crippen LogP contribution in [-0.2, 0) is 27.4 Å². The molecule has 174 valence electrons. The summed E-state index contributed by atoms with van der Waals surface area (Å²) < 4.78 is 20.3. The molecule has 0 spiro atoms. The highest BCUT2D eigenvalue weighted by molar-refractivity contribution is 6.27. The van der Waals surface area contributed by atoms with Crippen LogP contribution in [-0.4, -0.2) is 50.3 Å². The molecule has 3 N–H and O–H groups in total. The van der Waals surface area contributed by atoms with Crippen molar-refractivity contribution in [3.05, 3.63) is 76.2 Å². The highest BCUT2D eigenvalue weighted by atomic mass is 19.1. The summed E-state index contributed by atoms with van der Waals surface area (Å²) in [6, 6.07) is 12.6. The Hall–Kier alpha value is -4.32. The summed E-state index contributed by atoms with van der Waals surface area (Å²) in [7, 11) is 1.62. The van der Waals surface area contributed by atoms with Crippen molar-refractivity contribution in [1.82, 2.24) is 9.55 Å². The van der Waals surface area contributed by atoms with Crippen molar-refractivity contribution < 1.29 is 33.9 Å². The van der Waals surface area contributed by atoms with E-state index < -0.39 is 16.9 Å². The summed E-state index contributed by atoms with van der Waals surface area (Å²) in [6.07, 6.45) is 1.71. The molecule has 0 aliphatic rings. The largest absolute Gasteiger partial charge is 0.473 e. The molecule has 0 saturated carbocycles. The number of rotatable bonds is 8. The minimum atomic E-state index is -1.82. The quantitative estimate of drug-likeness (QED) is 0.261. The molecule has 33 heavy (non-hydrogen) atoms. The van der Waals surface area contributed by atoms with Crippen LogP contribution in [0.3, 0.4) is 0 Å². The zero-order chi connectivity index (χ0) is 24.4. The van der Waals surface area contributed by atoms with Crippen molar-refractivity contribution in [3.8, 4) is 11.3 Å². The second kappa shape index (κ2) is 11.9. The monoisotopic (exact) mass is 460 g/mol. The fraction of sp³-hybridized carbons (Fsp3) is 0.190. The first-order chi connectivity index (χ1) is 15.7. The van der Waals surface area contributed by atoms with Gasteiger partial charge in [0.15, 0.2) is 0 Å². The van der Waals surface area contributed by atoms with E-state index in [0.717, 1.165) is 16.8 Å². The highest BCUT2D eigenvalue weighted by Crippen LogP contribution is 2.24. The van der Waals surface area contributed by atoms with Crippen LogP contribution in [0.4, 0.5) is 16.0 Å². The third-order valence-electron chi connectivity index (χ3n) is 4.27. The zero-order valence-electron chi connectivity index (χ0n) is 17.5. The Morgan fingerprint density at radius 3 is 2.42 bits per heavy atom. The number of benzene rings is 2. The molecule has 0 saturated heterocycles. The number of nitrogens with zero attached hydrogens (tertiary/aromatic N) is 3. The summed E-state index contributed by atoms with van der Waals surface area (Å²) in [4.78, 5) is 33.1. The normalized spacial score (nSPS) is 10.1. The van der Waals surface area contributed by atoms with Gasteiger partial charge in [0.05, 0.1) is 23.4 Å². The van der Waals surface area contributed by atoms with Crippen molar-refractivity contribution in [3.63, 3.8) is 0 Å². The first-order valence-electron chi connectivity index (χ1n) is 9.46. The molecular formula is C21H21FN4O7. The van der Waals surface area contributed by atoms with E-state index in [-0.39, 0.29) is 11.5 Å². The average molecular weight is 460 g/mol. The van der Waals surface area contributed by atoms with Gasteiger partial charge in [-0.15, -0.1) is 0 Å². The van der Waals surface area contributed by atoms with Crippen LogP contribution in [0.2, 0.25) is 0 Å². The molecule has 11 nitrogen and oxygen atoms in total. The number of ether oxygens (including phenoxy) is 1. The fourth-order valence-electron chi connectivity index (χ4n) is 2.74. The maximum atomic E-state index is 13.2. The van der Waals surface area contributed by atoms with Gasteiger partial charge in [-0.2, -0.15) is 0 Å². The second-order valence-corrected chi connectivity index (χ2v) is 6.51. The number of halogens is 1. The van der Waals surface area contributed by atoms with Crippen LogP contribution in [0.1, 0.15) is 5.56 Å². The Morgan fingerprint density at radius 1 is 1.18 bits per heavy atom. The predicted molar refractivity (Wildman–Crippen MR) is 115 cm³/mol. The number of hydrogen-bond donors (Lipinski definition) is 3. The Bertz CT molecular complexity index is 1100. The third kappa shape index (κ3) is 7.40. The van der Waals surface area contributed by atoms with Crippen LogP contribution in [0.25, 0.3) is 11.3 Å². The van der Waals surface area contributed by atoms with Gasteiger partial charge in [-0.1, -0.05) is 12.1 Å². The minimum Gasteiger partial charge on any atom is -0.473 e. The molecule has 2 aromatic carbocycles. The number of nitrogens with one attached hydrogen (secondary N) is 1. The molecule has 0 aliphatic heterocycles. The lowest BCUT2D eigenvalue weighted by Crippen LogP contribution is -2.11. The number of methoxy groups -OCH3 is 1. The number of carboxylic acid groups (broad SMARTS) is 2. The van der Waals surface area contributed by atoms with E-state index >= 15 is 0 Å². The van der Waals surface area contributed by atoms with Crippen molar-refractivity contribution in [2.24, 2.45) is 0 Å². The van der Waals surface area contributed by atoms with E-state index in [2.05, 4.69) is 10.3 Å². The van der Waals surface area contributed by atoms with Crippen molar-refractivity contribution >= 4 is 23.6 Å². The molecule has 3 aromatic rings. The maximum absolute atomic E-state index is 13.2. The van der Waals surface area contributed by atoms with Gasteiger partial charge in [-0.05, 0) is 29.8 Å². The van der Waals surface area contributed by atoms with Crippen LogP contribution >= 0.6 is 0 Å². The number of carbonyl (C=O) groups is 2. The van der Waals surface area contributed by atoms with E-state index in [1.165, 1.54) is 24.3 Å². The standard InChI is InChI=1S/C19H19FN4O3.C2H2O4/c1-27-10-9-23-18(15-5-7-16(20)8-6-15)13-22-19(23)21-12-14-3-2-4-17(11-14)24(25)26;3-1(4)2(5)6/h2-8,11,13H,9-10,12H2,1H3,(H,21,22);(H,3,4)(H,5,6). The first-order valence-corrected chi connectivity index (χ1v) is 9.46. The molecule has 1 aromatic heterocycles. The van der Waals surface area contributed by atoms with Gasteiger partial charge in [0.25, 0.3) is 5.69 Å². The van der Waals surface area contributed by atoms with Gasteiger partial charge in [0.2, 0.25) is 5.95 Å². The van der Waals surface area contributed by atoms with Crippen molar-refractivity contribution in [2.75, 3.05) is 19.0 Å². The lowest BCUT2D eigenvalue weighted by Gasteiger charge is -2.13. The molecule has 0 bridgehead atoms. The maximum Gasteiger partial charge on any atom is 0.414 e. The number of imidazole rings is 1. The van der Waals surface area contributed by atoms with Crippen molar-refractivity contribution in [2.45, 2.75) is 13.1 Å². The molecule has 12 heteroatoms. The Kier molecular flexibility index (Phi) is 9.00. The van der Waals surface area contributed by atoms with Crippen LogP contribution < -0.4 is 5.32 Å². The van der Waals surface area contributed by atoms with Crippen LogP contribution in [0.5, 0.6) is 0 Å². The van der Waals surface area contributed by atoms with Gasteiger partial charge in [-0.3, -0.25) is 10.1 Å². The number of carboxylic acids is 2. The summed E-state index contributed by atoms with van der Waals surface area (Å²) in [5, 5.41) is 28.9. The van der Waals surface area contributed by atoms with E-state index in [0.29, 0.717) is 25.6 Å². The summed E-state index contributed by atoms with van der Waals surface area (Å²) >= 11 is 0. The van der Waals surface area contributed by atoms with E-state index in [1.807, 2.05) is 10.6 Å². The number of anilines is 1. The molecule has 0 radical (unpaired) electrons. The molecular weight excluding hydrogens is 439 g/mol. The third-order valence-corrected chi connectivity index (χ3v) is 4.27. The SMILES string of the molecule is COCCn1c(-c2ccc(F)cc2)cnc1NCc1cccc([N+](=O)[O-])c1.O=C(O)C(=O)O. The Labute approximate surface area is 187 Å². The number of nitro benzene ring substituents is 1. The van der Waals surface area contributed by atoms with Crippen molar-refractivity contribution in [1.29, 1.82) is 0 Å². The molecule has 0 amide bonds. The fourth-order valence-corrected chi connectivity index (χ4v) is 2.74. The topological polar surface area (TPSA) is 157 Å². The van der Waals surface area contributed by atoms with Gasteiger partial charge in [0, 0.05) is 37.9 Å². The minimum absolute atomic E-state index is 0.0454. The zero-order valence-corrected chi connectivity index (χ0v) is 17.5. The molecule has 1 heterocycles. The first kappa shape index (κ1) is 24.9. The average Bonchev–Trinajstić information content (AvgIpc) is 3.20. The number of hydrogen-bond acceptors (Lipinski definition) is 7. The number of aliphatic carboxylic acids is 2. The number of aromatic nitrogens is 2. The van der Waals surface area contributed by atoms with E-state index in [4.69, 9.17) is 24.5 Å². The lowest BCUT2D eigenvalue weighted by atomic mass is 10.1. The summed E-state index contributed by atoms with van der Waals surface area (Å²) in [6.45, 7) is 1.42. The molecule has 3 rings (SSSR count). The van der Waals surface area contributed by atoms with Crippen LogP contribution in [0, 0.1) is 15.9 Å². The van der Waals surface area contributed by atoms with E-state index in [9.17, 15) is 14.5 Å². The summed E-state index contributed by atoms with van der Waals surface area (Å²) in [5.74, 6) is -3.34. The molecule has 0 fully saturated rings. The Morgan fingerprint density at radius 2 is 1.85 bits per heavy atom. The van der Waals surface area contributed by atoms with Gasteiger partial charge < -0.3 is 24.8 Å². The molecule has 0 aliphatic carbocycles. The Balaban J connectivity index is 0.000000569.